The average molecular weight is 274 g/mol. The molecular weight excluding hydrogens is 256 g/mol. The van der Waals surface area contributed by atoms with Gasteiger partial charge in [-0.2, -0.15) is 11.8 Å². The van der Waals surface area contributed by atoms with Crippen LogP contribution in [0, 0.1) is 0 Å². The predicted octanol–water partition coefficient (Wildman–Crippen LogP) is 1.89. The number of nitrogens with two attached hydrogens (primary N) is 1. The van der Waals surface area contributed by atoms with Crippen molar-refractivity contribution in [2.24, 2.45) is 5.14 Å². The van der Waals surface area contributed by atoms with Crippen molar-refractivity contribution in [1.82, 2.24) is 0 Å². The Morgan fingerprint density at radius 1 is 1.35 bits per heavy atom. The lowest BCUT2D eigenvalue weighted by Gasteiger charge is -2.10. The SMILES string of the molecule is CSC(C)CCNc1ccc(S(N)(=O)=O)cc1. The number of primary sulfonamides is 1. The molecule has 96 valence electrons. The van der Waals surface area contributed by atoms with Gasteiger partial charge in [0.1, 0.15) is 0 Å². The molecular formula is C11H18N2O2S2. The number of nitrogens with one attached hydrogen (secondary N) is 1. The van der Waals surface area contributed by atoms with E-state index in [1.165, 1.54) is 12.1 Å². The van der Waals surface area contributed by atoms with Gasteiger partial charge < -0.3 is 5.32 Å². The van der Waals surface area contributed by atoms with Gasteiger partial charge in [0.15, 0.2) is 0 Å². The highest BCUT2D eigenvalue weighted by Crippen LogP contribution is 2.14. The summed E-state index contributed by atoms with van der Waals surface area (Å²) in [4.78, 5) is 0.139. The van der Waals surface area contributed by atoms with Crippen molar-refractivity contribution in [3.8, 4) is 0 Å². The zero-order valence-electron chi connectivity index (χ0n) is 10.0. The van der Waals surface area contributed by atoms with Crippen molar-refractivity contribution >= 4 is 27.5 Å². The maximum atomic E-state index is 11.0. The molecule has 0 radical (unpaired) electrons. The first-order chi connectivity index (χ1) is 7.93. The smallest absolute Gasteiger partial charge is 0.238 e. The number of hydrogen-bond donors (Lipinski definition) is 2. The van der Waals surface area contributed by atoms with Crippen LogP contribution in [0.2, 0.25) is 0 Å². The molecule has 1 aromatic carbocycles. The summed E-state index contributed by atoms with van der Waals surface area (Å²) in [5.74, 6) is 0. The molecule has 3 N–H and O–H groups in total. The normalized spacial score (nSPS) is 13.4. The van der Waals surface area contributed by atoms with Crippen LogP contribution >= 0.6 is 11.8 Å². The predicted molar refractivity (Wildman–Crippen MR) is 73.9 cm³/mol. The van der Waals surface area contributed by atoms with E-state index in [2.05, 4.69) is 18.5 Å². The zero-order valence-corrected chi connectivity index (χ0v) is 11.6. The molecule has 0 heterocycles. The van der Waals surface area contributed by atoms with E-state index >= 15 is 0 Å². The van der Waals surface area contributed by atoms with Gasteiger partial charge in [0, 0.05) is 17.5 Å². The van der Waals surface area contributed by atoms with Crippen molar-refractivity contribution < 1.29 is 8.42 Å². The second kappa shape index (κ2) is 6.28. The number of thioether (sulfide) groups is 1. The van der Waals surface area contributed by atoms with Crippen molar-refractivity contribution in [2.75, 3.05) is 18.1 Å². The van der Waals surface area contributed by atoms with E-state index in [1.54, 1.807) is 12.1 Å². The minimum atomic E-state index is -3.59. The van der Waals surface area contributed by atoms with Gasteiger partial charge in [-0.1, -0.05) is 6.92 Å². The standard InChI is InChI=1S/C11H18N2O2S2/c1-9(16-2)7-8-13-10-3-5-11(6-4-10)17(12,14)15/h3-6,9,13H,7-8H2,1-2H3,(H2,12,14,15). The Morgan fingerprint density at radius 2 is 1.94 bits per heavy atom. The summed E-state index contributed by atoms with van der Waals surface area (Å²) < 4.78 is 22.1. The van der Waals surface area contributed by atoms with Gasteiger partial charge in [0.05, 0.1) is 4.90 Å². The van der Waals surface area contributed by atoms with Gasteiger partial charge in [-0.25, -0.2) is 13.6 Å². The summed E-state index contributed by atoms with van der Waals surface area (Å²) in [6, 6.07) is 6.47. The van der Waals surface area contributed by atoms with Crippen LogP contribution in [0.1, 0.15) is 13.3 Å². The number of benzene rings is 1. The first-order valence-corrected chi connectivity index (χ1v) is 8.16. The third-order valence-electron chi connectivity index (χ3n) is 2.47. The largest absolute Gasteiger partial charge is 0.385 e. The highest BCUT2D eigenvalue weighted by molar-refractivity contribution is 7.99. The van der Waals surface area contributed by atoms with Gasteiger partial charge in [-0.05, 0) is 36.9 Å². The molecule has 1 atom stereocenters. The Bertz CT molecular complexity index is 443. The monoisotopic (exact) mass is 274 g/mol. The van der Waals surface area contributed by atoms with E-state index < -0.39 is 10.0 Å². The van der Waals surface area contributed by atoms with Crippen LogP contribution in [0.15, 0.2) is 29.2 Å². The summed E-state index contributed by atoms with van der Waals surface area (Å²) in [6.07, 6.45) is 3.16. The lowest BCUT2D eigenvalue weighted by Crippen LogP contribution is -2.12. The van der Waals surface area contributed by atoms with E-state index in [4.69, 9.17) is 5.14 Å². The minimum absolute atomic E-state index is 0.139. The van der Waals surface area contributed by atoms with Gasteiger partial charge in [0.25, 0.3) is 0 Å². The van der Waals surface area contributed by atoms with Crippen LogP contribution < -0.4 is 10.5 Å². The van der Waals surface area contributed by atoms with Crippen molar-refractivity contribution in [2.45, 2.75) is 23.5 Å². The van der Waals surface area contributed by atoms with Crippen molar-refractivity contribution in [1.29, 1.82) is 0 Å². The molecule has 0 saturated carbocycles. The summed E-state index contributed by atoms with van der Waals surface area (Å²) >= 11 is 1.83. The molecule has 1 aromatic rings. The Labute approximate surface area is 107 Å². The highest BCUT2D eigenvalue weighted by Gasteiger charge is 2.06. The second-order valence-electron chi connectivity index (χ2n) is 3.83. The van der Waals surface area contributed by atoms with E-state index in [0.29, 0.717) is 5.25 Å². The lowest BCUT2D eigenvalue weighted by molar-refractivity contribution is 0.598. The molecule has 1 unspecified atom stereocenters. The van der Waals surface area contributed by atoms with Crippen LogP contribution in [0.5, 0.6) is 0 Å². The quantitative estimate of drug-likeness (QED) is 0.831. The fourth-order valence-corrected chi connectivity index (χ4v) is 2.17. The van der Waals surface area contributed by atoms with Gasteiger partial charge in [0.2, 0.25) is 10.0 Å². The molecule has 0 amide bonds. The fourth-order valence-electron chi connectivity index (χ4n) is 1.30. The van der Waals surface area contributed by atoms with Gasteiger partial charge in [-0.3, -0.25) is 0 Å². The molecule has 0 aliphatic carbocycles. The summed E-state index contributed by atoms with van der Waals surface area (Å²) in [5.41, 5.74) is 0.908. The average Bonchev–Trinajstić information content (AvgIpc) is 2.28. The first-order valence-electron chi connectivity index (χ1n) is 5.33. The maximum absolute atomic E-state index is 11.0. The summed E-state index contributed by atoms with van der Waals surface area (Å²) in [7, 11) is -3.59. The molecule has 17 heavy (non-hydrogen) atoms. The lowest BCUT2D eigenvalue weighted by atomic mass is 10.3. The van der Waals surface area contributed by atoms with E-state index in [9.17, 15) is 8.42 Å². The molecule has 0 fully saturated rings. The first kappa shape index (κ1) is 14.3. The number of anilines is 1. The Hall–Kier alpha value is -0.720. The summed E-state index contributed by atoms with van der Waals surface area (Å²) in [5, 5.41) is 8.87. The molecule has 0 aliphatic rings. The number of rotatable bonds is 6. The molecule has 6 heteroatoms. The molecule has 0 saturated heterocycles. The third-order valence-corrected chi connectivity index (χ3v) is 4.43. The zero-order chi connectivity index (χ0) is 12.9. The molecule has 0 aromatic heterocycles. The maximum Gasteiger partial charge on any atom is 0.238 e. The van der Waals surface area contributed by atoms with E-state index in [0.717, 1.165) is 18.7 Å². The van der Waals surface area contributed by atoms with Crippen LogP contribution in [0.3, 0.4) is 0 Å². The minimum Gasteiger partial charge on any atom is -0.385 e. The topological polar surface area (TPSA) is 72.2 Å². The second-order valence-corrected chi connectivity index (χ2v) is 6.67. The molecule has 0 aliphatic heterocycles. The van der Waals surface area contributed by atoms with Crippen molar-refractivity contribution in [3.63, 3.8) is 0 Å². The Kier molecular flexibility index (Phi) is 5.30. The van der Waals surface area contributed by atoms with Gasteiger partial charge in [-0.15, -0.1) is 0 Å². The van der Waals surface area contributed by atoms with E-state index in [1.807, 2.05) is 11.8 Å². The van der Waals surface area contributed by atoms with Crippen LogP contribution in [-0.4, -0.2) is 26.5 Å². The highest BCUT2D eigenvalue weighted by atomic mass is 32.2. The number of hydrogen-bond acceptors (Lipinski definition) is 4. The molecule has 4 nitrogen and oxygen atoms in total. The third kappa shape index (κ3) is 4.97. The number of sulfonamides is 1. The van der Waals surface area contributed by atoms with Crippen LogP contribution in [0.25, 0.3) is 0 Å². The molecule has 0 spiro atoms. The summed E-state index contributed by atoms with van der Waals surface area (Å²) in [6.45, 7) is 3.05. The molecule has 0 bridgehead atoms. The van der Waals surface area contributed by atoms with Crippen LogP contribution in [-0.2, 0) is 10.0 Å². The fraction of sp³-hybridized carbons (Fsp3) is 0.455. The Morgan fingerprint density at radius 3 is 2.41 bits per heavy atom. The van der Waals surface area contributed by atoms with E-state index in [-0.39, 0.29) is 4.90 Å². The Balaban J connectivity index is 2.52. The van der Waals surface area contributed by atoms with Crippen LogP contribution in [0.4, 0.5) is 5.69 Å². The van der Waals surface area contributed by atoms with Gasteiger partial charge >= 0.3 is 0 Å². The molecule has 1 rings (SSSR count). The van der Waals surface area contributed by atoms with Crippen molar-refractivity contribution in [3.05, 3.63) is 24.3 Å².